The van der Waals surface area contributed by atoms with Crippen molar-refractivity contribution in [3.63, 3.8) is 0 Å². The number of halogens is 1. The predicted molar refractivity (Wildman–Crippen MR) is 99.5 cm³/mol. The van der Waals surface area contributed by atoms with Gasteiger partial charge in [-0.05, 0) is 30.3 Å². The van der Waals surface area contributed by atoms with Gasteiger partial charge in [-0.3, -0.25) is 9.48 Å². The minimum atomic E-state index is -0.598. The van der Waals surface area contributed by atoms with Crippen molar-refractivity contribution >= 4 is 33.5 Å². The summed E-state index contributed by atoms with van der Waals surface area (Å²) < 4.78 is 14.1. The van der Waals surface area contributed by atoms with Crippen LogP contribution in [0.15, 0.2) is 47.2 Å². The molecule has 0 aliphatic rings. The Morgan fingerprint density at radius 1 is 1.22 bits per heavy atom. The van der Waals surface area contributed by atoms with Crippen molar-refractivity contribution in [1.82, 2.24) is 19.6 Å². The number of benzene rings is 1. The normalized spacial score (nSPS) is 10.5. The Balaban J connectivity index is 1.65. The summed E-state index contributed by atoms with van der Waals surface area (Å²) in [6.07, 6.45) is 3.00. The summed E-state index contributed by atoms with van der Waals surface area (Å²) in [4.78, 5) is 24.2. The van der Waals surface area contributed by atoms with Gasteiger partial charge in [-0.15, -0.1) is 0 Å². The maximum Gasteiger partial charge on any atom is 0.358 e. The largest absolute Gasteiger partial charge is 0.471 e. The summed E-state index contributed by atoms with van der Waals surface area (Å²) in [7, 11) is 2.84. The number of nitrogens with zero attached hydrogens (tertiary/aromatic N) is 4. The third-order valence-corrected chi connectivity index (χ3v) is 4.14. The summed E-state index contributed by atoms with van der Waals surface area (Å²) >= 11 is 3.36. The van der Waals surface area contributed by atoms with Crippen molar-refractivity contribution < 1.29 is 19.1 Å². The molecular formula is C17H16BrN5O4. The Labute approximate surface area is 163 Å². The molecule has 0 fully saturated rings. The molecule has 0 spiro atoms. The zero-order valence-electron chi connectivity index (χ0n) is 14.5. The molecule has 3 aromatic rings. The van der Waals surface area contributed by atoms with E-state index in [1.54, 1.807) is 19.3 Å². The van der Waals surface area contributed by atoms with Crippen molar-refractivity contribution in [2.24, 2.45) is 7.05 Å². The van der Waals surface area contributed by atoms with Gasteiger partial charge in [0.15, 0.2) is 18.1 Å². The fraction of sp³-hybridized carbons (Fsp3) is 0.176. The smallest absolute Gasteiger partial charge is 0.358 e. The fourth-order valence-corrected chi connectivity index (χ4v) is 2.54. The molecule has 3 rings (SSSR count). The van der Waals surface area contributed by atoms with Crippen LogP contribution in [-0.2, 0) is 18.5 Å². The molecule has 0 unspecified atom stereocenters. The number of aromatic nitrogens is 4. The van der Waals surface area contributed by atoms with Crippen LogP contribution in [0.4, 0.5) is 5.69 Å². The maximum absolute atomic E-state index is 12.4. The van der Waals surface area contributed by atoms with E-state index in [4.69, 9.17) is 9.47 Å². The Hall–Kier alpha value is -3.14. The monoisotopic (exact) mass is 433 g/mol. The standard InChI is InChI=1S/C17H16BrN5O4/c1-22-15(17(25)26-2)14(9-19-22)20-16(24)13-7-8-23(21-13)10-27-12-5-3-11(18)4-6-12/h3-9H,10H2,1-2H3,(H,20,24). The van der Waals surface area contributed by atoms with Crippen LogP contribution in [0.3, 0.4) is 0 Å². The molecule has 140 valence electrons. The molecule has 9 nitrogen and oxygen atoms in total. The lowest BCUT2D eigenvalue weighted by Gasteiger charge is -2.06. The molecule has 2 heterocycles. The number of carbonyl (C=O) groups is 2. The number of nitrogens with one attached hydrogen (secondary N) is 1. The lowest BCUT2D eigenvalue weighted by atomic mass is 10.3. The van der Waals surface area contributed by atoms with Gasteiger partial charge in [0.1, 0.15) is 5.75 Å². The molecular weight excluding hydrogens is 418 g/mol. The molecule has 0 saturated carbocycles. The van der Waals surface area contributed by atoms with Gasteiger partial charge in [0.05, 0.1) is 19.0 Å². The summed E-state index contributed by atoms with van der Waals surface area (Å²) in [6.45, 7) is 0.148. The quantitative estimate of drug-likeness (QED) is 0.599. The SMILES string of the molecule is COC(=O)c1c(NC(=O)c2ccn(COc3ccc(Br)cc3)n2)cnn1C. The third-order valence-electron chi connectivity index (χ3n) is 3.62. The number of ether oxygens (including phenoxy) is 2. The minimum absolute atomic E-state index is 0.142. The highest BCUT2D eigenvalue weighted by atomic mass is 79.9. The Morgan fingerprint density at radius 2 is 1.96 bits per heavy atom. The Bertz CT molecular complexity index is 964. The van der Waals surface area contributed by atoms with Gasteiger partial charge in [0, 0.05) is 17.7 Å². The molecule has 1 aromatic carbocycles. The van der Waals surface area contributed by atoms with E-state index >= 15 is 0 Å². The third kappa shape index (κ3) is 4.34. The molecule has 0 atom stereocenters. The first-order valence-electron chi connectivity index (χ1n) is 7.81. The van der Waals surface area contributed by atoms with Crippen LogP contribution in [-0.4, -0.2) is 38.5 Å². The molecule has 1 N–H and O–H groups in total. The number of carbonyl (C=O) groups excluding carboxylic acids is 2. The van der Waals surface area contributed by atoms with Crippen LogP contribution in [0, 0.1) is 0 Å². The van der Waals surface area contributed by atoms with Crippen molar-refractivity contribution in [3.05, 3.63) is 58.6 Å². The number of methoxy groups -OCH3 is 1. The highest BCUT2D eigenvalue weighted by molar-refractivity contribution is 9.10. The van der Waals surface area contributed by atoms with Crippen LogP contribution in [0.2, 0.25) is 0 Å². The van der Waals surface area contributed by atoms with Crippen LogP contribution in [0.5, 0.6) is 5.75 Å². The number of rotatable bonds is 6. The summed E-state index contributed by atoms with van der Waals surface area (Å²) in [5.74, 6) is -0.396. The molecule has 2 aromatic heterocycles. The minimum Gasteiger partial charge on any atom is -0.471 e. The first kappa shape index (κ1) is 18.6. The zero-order valence-corrected chi connectivity index (χ0v) is 16.1. The molecule has 1 amide bonds. The highest BCUT2D eigenvalue weighted by Crippen LogP contribution is 2.17. The van der Waals surface area contributed by atoms with Gasteiger partial charge >= 0.3 is 5.97 Å². The number of amides is 1. The Morgan fingerprint density at radius 3 is 2.67 bits per heavy atom. The highest BCUT2D eigenvalue weighted by Gasteiger charge is 2.20. The number of esters is 1. The van der Waals surface area contributed by atoms with Crippen molar-refractivity contribution in [2.45, 2.75) is 6.73 Å². The zero-order chi connectivity index (χ0) is 19.4. The van der Waals surface area contributed by atoms with Crippen molar-refractivity contribution in [3.8, 4) is 5.75 Å². The van der Waals surface area contributed by atoms with Gasteiger partial charge in [0.25, 0.3) is 5.91 Å². The van der Waals surface area contributed by atoms with Crippen LogP contribution < -0.4 is 10.1 Å². The first-order valence-corrected chi connectivity index (χ1v) is 8.60. The first-order chi connectivity index (χ1) is 13.0. The molecule has 0 aliphatic carbocycles. The summed E-state index contributed by atoms with van der Waals surface area (Å²) in [5.41, 5.74) is 0.563. The lowest BCUT2D eigenvalue weighted by molar-refractivity contribution is 0.0589. The lowest BCUT2D eigenvalue weighted by Crippen LogP contribution is -2.17. The number of aryl methyl sites for hydroxylation is 1. The van der Waals surface area contributed by atoms with E-state index in [-0.39, 0.29) is 23.8 Å². The Kier molecular flexibility index (Phi) is 5.55. The van der Waals surface area contributed by atoms with Gasteiger partial charge < -0.3 is 14.8 Å². The van der Waals surface area contributed by atoms with E-state index in [2.05, 4.69) is 31.4 Å². The van der Waals surface area contributed by atoms with Crippen molar-refractivity contribution in [2.75, 3.05) is 12.4 Å². The molecule has 0 saturated heterocycles. The second kappa shape index (κ2) is 8.04. The van der Waals surface area contributed by atoms with Crippen LogP contribution in [0.25, 0.3) is 0 Å². The van der Waals surface area contributed by atoms with E-state index in [1.807, 2.05) is 24.3 Å². The van der Waals surface area contributed by atoms with E-state index in [0.29, 0.717) is 5.75 Å². The fourth-order valence-electron chi connectivity index (χ4n) is 2.28. The van der Waals surface area contributed by atoms with Crippen LogP contribution >= 0.6 is 15.9 Å². The van der Waals surface area contributed by atoms with Gasteiger partial charge in [-0.2, -0.15) is 10.2 Å². The second-order valence-corrected chi connectivity index (χ2v) is 6.36. The van der Waals surface area contributed by atoms with Gasteiger partial charge in [-0.1, -0.05) is 15.9 Å². The average molecular weight is 434 g/mol. The molecule has 27 heavy (non-hydrogen) atoms. The van der Waals surface area contributed by atoms with Gasteiger partial charge in [-0.25, -0.2) is 9.48 Å². The maximum atomic E-state index is 12.4. The molecule has 0 aliphatic heterocycles. The number of hydrogen-bond donors (Lipinski definition) is 1. The molecule has 10 heteroatoms. The predicted octanol–water partition coefficient (Wildman–Crippen LogP) is 2.45. The molecule has 0 radical (unpaired) electrons. The topological polar surface area (TPSA) is 100 Å². The second-order valence-electron chi connectivity index (χ2n) is 5.44. The average Bonchev–Trinajstić information content (AvgIpc) is 3.28. The summed E-state index contributed by atoms with van der Waals surface area (Å²) in [6, 6.07) is 8.92. The van der Waals surface area contributed by atoms with E-state index in [9.17, 15) is 9.59 Å². The van der Waals surface area contributed by atoms with E-state index < -0.39 is 11.9 Å². The van der Waals surface area contributed by atoms with Gasteiger partial charge in [0.2, 0.25) is 0 Å². The number of anilines is 1. The summed E-state index contributed by atoms with van der Waals surface area (Å²) in [5, 5.41) is 10.7. The molecule has 0 bridgehead atoms. The van der Waals surface area contributed by atoms with E-state index in [1.165, 1.54) is 22.7 Å². The number of hydrogen-bond acceptors (Lipinski definition) is 6. The van der Waals surface area contributed by atoms with Crippen LogP contribution in [0.1, 0.15) is 21.0 Å². The van der Waals surface area contributed by atoms with E-state index in [0.717, 1.165) is 4.47 Å². The van der Waals surface area contributed by atoms with Crippen molar-refractivity contribution in [1.29, 1.82) is 0 Å².